The van der Waals surface area contributed by atoms with E-state index in [9.17, 15) is 9.59 Å². The van der Waals surface area contributed by atoms with E-state index in [1.165, 1.54) is 5.56 Å². The van der Waals surface area contributed by atoms with Crippen molar-refractivity contribution in [2.24, 2.45) is 0 Å². The zero-order valence-electron chi connectivity index (χ0n) is 21.1. The van der Waals surface area contributed by atoms with Crippen molar-refractivity contribution < 1.29 is 9.59 Å². The Labute approximate surface area is 216 Å². The van der Waals surface area contributed by atoms with Crippen LogP contribution in [0.1, 0.15) is 46.9 Å². The summed E-state index contributed by atoms with van der Waals surface area (Å²) in [5.41, 5.74) is 6.23. The van der Waals surface area contributed by atoms with Gasteiger partial charge < -0.3 is 16.0 Å². The molecule has 4 aromatic rings. The molecule has 1 aliphatic heterocycles. The van der Waals surface area contributed by atoms with Crippen molar-refractivity contribution in [1.29, 1.82) is 0 Å². The Morgan fingerprint density at radius 2 is 1.51 bits per heavy atom. The second kappa shape index (κ2) is 10.1. The number of benzene rings is 3. The molecule has 0 unspecified atom stereocenters. The molecular weight excluding hydrogens is 462 g/mol. The first-order chi connectivity index (χ1) is 17.9. The minimum Gasteiger partial charge on any atom is -0.343 e. The number of carbonyl (C=O) groups is 2. The highest BCUT2D eigenvalue weighted by atomic mass is 16.2. The molecule has 1 aromatic heterocycles. The fourth-order valence-corrected chi connectivity index (χ4v) is 4.51. The molecule has 5 rings (SSSR count). The van der Waals surface area contributed by atoms with E-state index < -0.39 is 6.04 Å². The smallest absolute Gasteiger partial charge is 0.261 e. The van der Waals surface area contributed by atoms with E-state index in [-0.39, 0.29) is 11.8 Å². The van der Waals surface area contributed by atoms with E-state index in [0.29, 0.717) is 34.0 Å². The number of allylic oxidation sites excluding steroid dienone is 1. The summed E-state index contributed by atoms with van der Waals surface area (Å²) in [6.07, 6.45) is 2.46. The number of amides is 2. The lowest BCUT2D eigenvalue weighted by atomic mass is 9.93. The van der Waals surface area contributed by atoms with Crippen LogP contribution in [0.3, 0.4) is 0 Å². The lowest BCUT2D eigenvalue weighted by molar-refractivity contribution is -0.113. The van der Waals surface area contributed by atoms with Crippen LogP contribution in [0, 0.1) is 6.92 Å². The molecule has 0 radical (unpaired) electrons. The van der Waals surface area contributed by atoms with Gasteiger partial charge in [-0.05, 0) is 55.7 Å². The first-order valence-corrected chi connectivity index (χ1v) is 12.3. The molecule has 3 aromatic carbocycles. The summed E-state index contributed by atoms with van der Waals surface area (Å²) in [6, 6.07) is 24.6. The van der Waals surface area contributed by atoms with Crippen molar-refractivity contribution in [3.8, 4) is 0 Å². The van der Waals surface area contributed by atoms with Crippen LogP contribution in [0.25, 0.3) is 0 Å². The van der Waals surface area contributed by atoms with Gasteiger partial charge >= 0.3 is 0 Å². The Hall–Kier alpha value is -4.65. The van der Waals surface area contributed by atoms with E-state index in [2.05, 4.69) is 40.1 Å². The lowest BCUT2D eigenvalue weighted by Gasteiger charge is -2.30. The highest BCUT2D eigenvalue weighted by Gasteiger charge is 2.35. The number of rotatable bonds is 6. The molecule has 2 heterocycles. The Bertz CT molecular complexity index is 1470. The van der Waals surface area contributed by atoms with Crippen LogP contribution in [0.5, 0.6) is 0 Å². The third-order valence-electron chi connectivity index (χ3n) is 6.56. The summed E-state index contributed by atoms with van der Waals surface area (Å²) in [7, 11) is 0. The van der Waals surface area contributed by atoms with Crippen LogP contribution >= 0.6 is 0 Å². The van der Waals surface area contributed by atoms with E-state index in [4.69, 9.17) is 0 Å². The monoisotopic (exact) mass is 491 g/mol. The van der Waals surface area contributed by atoms with Crippen LogP contribution in [-0.2, 0) is 11.2 Å². The van der Waals surface area contributed by atoms with Crippen LogP contribution < -0.4 is 16.0 Å². The van der Waals surface area contributed by atoms with Gasteiger partial charge in [-0.15, -0.1) is 0 Å². The average molecular weight is 492 g/mol. The molecule has 3 N–H and O–H groups in total. The summed E-state index contributed by atoms with van der Waals surface area (Å²) < 4.78 is 1.72. The normalized spacial score (nSPS) is 14.5. The number of aryl methyl sites for hydroxylation is 2. The van der Waals surface area contributed by atoms with Gasteiger partial charge in [-0.3, -0.25) is 9.59 Å². The van der Waals surface area contributed by atoms with Gasteiger partial charge in [0, 0.05) is 17.1 Å². The van der Waals surface area contributed by atoms with Gasteiger partial charge in [0.25, 0.3) is 11.8 Å². The number of nitrogens with one attached hydrogen (secondary N) is 3. The van der Waals surface area contributed by atoms with E-state index in [1.807, 2.05) is 80.6 Å². The second-order valence-corrected chi connectivity index (χ2v) is 9.15. The molecule has 37 heavy (non-hydrogen) atoms. The molecule has 2 amide bonds. The van der Waals surface area contributed by atoms with Gasteiger partial charge in [-0.2, -0.15) is 5.10 Å². The largest absolute Gasteiger partial charge is 0.343 e. The maximum atomic E-state index is 13.6. The standard InChI is InChI=1S/C30H29N5O2/c1-4-21-12-14-22(15-13-21)27-26(30(37)34-23-8-6-5-7-9-23)20(3)32-28-25(18-31-35(27)28)29(36)33-24-16-10-19(2)11-17-24/h5-18,27,32H,4H2,1-3H3,(H,33,36)(H,34,37)/t27-/m1/s1. The Morgan fingerprint density at radius 1 is 0.865 bits per heavy atom. The molecule has 0 aliphatic carbocycles. The predicted molar refractivity (Wildman–Crippen MR) is 147 cm³/mol. The molecule has 0 saturated heterocycles. The van der Waals surface area contributed by atoms with Crippen LogP contribution in [0.2, 0.25) is 0 Å². The van der Waals surface area contributed by atoms with Gasteiger partial charge in [-0.1, -0.05) is 67.1 Å². The molecule has 186 valence electrons. The topological polar surface area (TPSA) is 88.1 Å². The fraction of sp³-hybridized carbons (Fsp3) is 0.167. The SMILES string of the molecule is CCc1ccc([C@@H]2C(C(=O)Nc3ccccc3)=C(C)Nc3c(C(=O)Nc4ccc(C)cc4)cnn32)cc1. The van der Waals surface area contributed by atoms with Crippen LogP contribution in [0.15, 0.2) is 96.3 Å². The molecular formula is C30H29N5O2. The fourth-order valence-electron chi connectivity index (χ4n) is 4.51. The van der Waals surface area contributed by atoms with E-state index >= 15 is 0 Å². The molecule has 0 fully saturated rings. The maximum Gasteiger partial charge on any atom is 0.261 e. The number of anilines is 3. The molecule has 0 spiro atoms. The minimum absolute atomic E-state index is 0.229. The molecule has 0 bridgehead atoms. The summed E-state index contributed by atoms with van der Waals surface area (Å²) in [4.78, 5) is 26.8. The second-order valence-electron chi connectivity index (χ2n) is 9.15. The highest BCUT2D eigenvalue weighted by Crippen LogP contribution is 2.38. The van der Waals surface area contributed by atoms with Gasteiger partial charge in [0.1, 0.15) is 17.4 Å². The zero-order valence-corrected chi connectivity index (χ0v) is 21.1. The molecule has 7 nitrogen and oxygen atoms in total. The third kappa shape index (κ3) is 4.89. The molecule has 7 heteroatoms. The van der Waals surface area contributed by atoms with Crippen molar-refractivity contribution in [3.63, 3.8) is 0 Å². The number of carbonyl (C=O) groups excluding carboxylic acids is 2. The Kier molecular flexibility index (Phi) is 6.60. The Balaban J connectivity index is 1.53. The van der Waals surface area contributed by atoms with Gasteiger partial charge in [0.15, 0.2) is 0 Å². The number of hydrogen-bond acceptors (Lipinski definition) is 4. The van der Waals surface area contributed by atoms with E-state index in [0.717, 1.165) is 17.5 Å². The summed E-state index contributed by atoms with van der Waals surface area (Å²) in [6.45, 7) is 5.95. The predicted octanol–water partition coefficient (Wildman–Crippen LogP) is 5.93. The average Bonchev–Trinajstić information content (AvgIpc) is 3.33. The van der Waals surface area contributed by atoms with Crippen molar-refractivity contribution >= 4 is 29.0 Å². The number of aromatic nitrogens is 2. The molecule has 0 saturated carbocycles. The number of nitrogens with zero attached hydrogens (tertiary/aromatic N) is 2. The van der Waals surface area contributed by atoms with Crippen molar-refractivity contribution in [1.82, 2.24) is 9.78 Å². The van der Waals surface area contributed by atoms with Crippen LogP contribution in [-0.4, -0.2) is 21.6 Å². The van der Waals surface area contributed by atoms with Gasteiger partial charge in [-0.25, -0.2) is 4.68 Å². The highest BCUT2D eigenvalue weighted by molar-refractivity contribution is 6.09. The van der Waals surface area contributed by atoms with Gasteiger partial charge in [0.2, 0.25) is 0 Å². The molecule has 1 aliphatic rings. The summed E-state index contributed by atoms with van der Waals surface area (Å²) >= 11 is 0. The zero-order chi connectivity index (χ0) is 25.9. The first-order valence-electron chi connectivity index (χ1n) is 12.3. The van der Waals surface area contributed by atoms with Crippen molar-refractivity contribution in [2.45, 2.75) is 33.2 Å². The maximum absolute atomic E-state index is 13.6. The summed E-state index contributed by atoms with van der Waals surface area (Å²) in [5.74, 6) is 0.0400. The van der Waals surface area contributed by atoms with E-state index in [1.54, 1.807) is 10.9 Å². The lowest BCUT2D eigenvalue weighted by Crippen LogP contribution is -2.32. The van der Waals surface area contributed by atoms with Crippen LogP contribution in [0.4, 0.5) is 17.2 Å². The number of hydrogen-bond donors (Lipinski definition) is 3. The van der Waals surface area contributed by atoms with Crippen molar-refractivity contribution in [3.05, 3.63) is 119 Å². The molecule has 1 atom stereocenters. The summed E-state index contributed by atoms with van der Waals surface area (Å²) in [5, 5.41) is 13.8. The third-order valence-corrected chi connectivity index (χ3v) is 6.56. The first kappa shape index (κ1) is 24.1. The number of para-hydroxylation sites is 1. The Morgan fingerprint density at radius 3 is 2.19 bits per heavy atom. The minimum atomic E-state index is -0.508. The van der Waals surface area contributed by atoms with Crippen molar-refractivity contribution in [2.75, 3.05) is 16.0 Å². The number of fused-ring (bicyclic) bond motifs is 1. The van der Waals surface area contributed by atoms with Gasteiger partial charge in [0.05, 0.1) is 11.8 Å². The quantitative estimate of drug-likeness (QED) is 0.312.